The van der Waals surface area contributed by atoms with Crippen molar-refractivity contribution in [2.75, 3.05) is 45.2 Å². The van der Waals surface area contributed by atoms with Gasteiger partial charge in [0.15, 0.2) is 5.96 Å². The summed E-state index contributed by atoms with van der Waals surface area (Å²) in [5, 5.41) is 9.75. The zero-order valence-electron chi connectivity index (χ0n) is 18.4. The minimum Gasteiger partial charge on any atom is -0.379 e. The van der Waals surface area contributed by atoms with E-state index in [0.717, 1.165) is 50.1 Å². The van der Waals surface area contributed by atoms with E-state index in [2.05, 4.69) is 44.9 Å². The van der Waals surface area contributed by atoms with Gasteiger partial charge in [-0.3, -0.25) is 14.7 Å². The van der Waals surface area contributed by atoms with E-state index >= 15 is 0 Å². The molecule has 0 spiro atoms. The van der Waals surface area contributed by atoms with Crippen LogP contribution in [-0.4, -0.2) is 56.7 Å². The Hall–Kier alpha value is -2.90. The average molecular weight is 424 g/mol. The predicted octanol–water partition coefficient (Wildman–Crippen LogP) is 2.77. The molecule has 166 valence electrons. The Labute approximate surface area is 184 Å². The molecule has 1 aliphatic rings. The quantitative estimate of drug-likeness (QED) is 0.450. The van der Waals surface area contributed by atoms with E-state index in [0.29, 0.717) is 13.0 Å². The Balaban J connectivity index is 1.46. The van der Waals surface area contributed by atoms with E-state index in [1.165, 1.54) is 5.56 Å². The Morgan fingerprint density at radius 2 is 1.90 bits per heavy atom. The molecule has 1 heterocycles. The van der Waals surface area contributed by atoms with Crippen LogP contribution in [0.15, 0.2) is 59.6 Å². The van der Waals surface area contributed by atoms with Gasteiger partial charge in [0, 0.05) is 45.3 Å². The van der Waals surface area contributed by atoms with E-state index in [4.69, 9.17) is 4.74 Å². The SMILES string of the molecule is CN=C(NCc1cccc(NC(=O)CCN2CCOCC2)c1)NC(C)c1ccccc1. The monoisotopic (exact) mass is 423 g/mol. The van der Waals surface area contributed by atoms with Gasteiger partial charge < -0.3 is 20.7 Å². The van der Waals surface area contributed by atoms with Gasteiger partial charge in [0.2, 0.25) is 5.91 Å². The third-order valence-electron chi connectivity index (χ3n) is 5.31. The molecule has 3 N–H and O–H groups in total. The number of ether oxygens (including phenoxy) is 1. The van der Waals surface area contributed by atoms with Crippen LogP contribution >= 0.6 is 0 Å². The predicted molar refractivity (Wildman–Crippen MR) is 125 cm³/mol. The number of rotatable bonds is 8. The number of nitrogens with one attached hydrogen (secondary N) is 3. The molecule has 0 radical (unpaired) electrons. The van der Waals surface area contributed by atoms with E-state index in [1.807, 2.05) is 42.5 Å². The second kappa shape index (κ2) is 12.1. The van der Waals surface area contributed by atoms with Gasteiger partial charge in [0.1, 0.15) is 0 Å². The molecule has 0 saturated carbocycles. The summed E-state index contributed by atoms with van der Waals surface area (Å²) in [7, 11) is 1.76. The minimum atomic E-state index is 0.0331. The number of nitrogens with zero attached hydrogens (tertiary/aromatic N) is 2. The standard InChI is InChI=1S/C24H33N5O2/c1-19(21-8-4-3-5-9-21)27-24(25-2)26-18-20-7-6-10-22(17-20)28-23(30)11-12-29-13-15-31-16-14-29/h3-10,17,19H,11-16,18H2,1-2H3,(H,28,30)(H2,25,26,27). The smallest absolute Gasteiger partial charge is 0.225 e. The summed E-state index contributed by atoms with van der Waals surface area (Å²) in [4.78, 5) is 18.9. The van der Waals surface area contributed by atoms with E-state index in [1.54, 1.807) is 7.05 Å². The zero-order valence-corrected chi connectivity index (χ0v) is 18.4. The van der Waals surface area contributed by atoms with Crippen LogP contribution in [0, 0.1) is 0 Å². The van der Waals surface area contributed by atoms with Crippen molar-refractivity contribution in [2.24, 2.45) is 4.99 Å². The molecule has 31 heavy (non-hydrogen) atoms. The molecular weight excluding hydrogens is 390 g/mol. The van der Waals surface area contributed by atoms with Gasteiger partial charge in [0.25, 0.3) is 0 Å². The molecule has 0 aliphatic carbocycles. The Bertz CT molecular complexity index is 850. The van der Waals surface area contributed by atoms with Gasteiger partial charge in [0.05, 0.1) is 19.3 Å². The molecule has 2 aromatic carbocycles. The fourth-order valence-corrected chi connectivity index (χ4v) is 3.48. The van der Waals surface area contributed by atoms with Gasteiger partial charge in [-0.05, 0) is 30.2 Å². The summed E-state index contributed by atoms with van der Waals surface area (Å²) in [6.45, 7) is 6.77. The van der Waals surface area contributed by atoms with Crippen LogP contribution in [0.5, 0.6) is 0 Å². The Morgan fingerprint density at radius 1 is 1.13 bits per heavy atom. The average Bonchev–Trinajstić information content (AvgIpc) is 2.82. The van der Waals surface area contributed by atoms with Crippen LogP contribution in [0.4, 0.5) is 5.69 Å². The third-order valence-corrected chi connectivity index (χ3v) is 5.31. The Morgan fingerprint density at radius 3 is 2.65 bits per heavy atom. The summed E-state index contributed by atoms with van der Waals surface area (Å²) in [5.41, 5.74) is 3.08. The molecule has 7 nitrogen and oxygen atoms in total. The first-order valence-corrected chi connectivity index (χ1v) is 10.8. The number of guanidine groups is 1. The van der Waals surface area contributed by atoms with Crippen LogP contribution < -0.4 is 16.0 Å². The number of carbonyl (C=O) groups is 1. The highest BCUT2D eigenvalue weighted by atomic mass is 16.5. The molecule has 1 fully saturated rings. The lowest BCUT2D eigenvalue weighted by Gasteiger charge is -2.26. The molecular formula is C24H33N5O2. The fourth-order valence-electron chi connectivity index (χ4n) is 3.48. The van der Waals surface area contributed by atoms with Crippen molar-refractivity contribution < 1.29 is 9.53 Å². The number of benzene rings is 2. The highest BCUT2D eigenvalue weighted by Gasteiger charge is 2.12. The molecule has 3 rings (SSSR count). The number of anilines is 1. The van der Waals surface area contributed by atoms with Crippen molar-refractivity contribution in [3.63, 3.8) is 0 Å². The zero-order chi connectivity index (χ0) is 21.9. The maximum atomic E-state index is 12.3. The third kappa shape index (κ3) is 7.70. The number of aliphatic imine (C=N–C) groups is 1. The molecule has 1 saturated heterocycles. The van der Waals surface area contributed by atoms with Gasteiger partial charge in [-0.25, -0.2) is 0 Å². The maximum Gasteiger partial charge on any atom is 0.225 e. The second-order valence-electron chi connectivity index (χ2n) is 7.66. The van der Waals surface area contributed by atoms with Crippen molar-refractivity contribution in [2.45, 2.75) is 25.9 Å². The summed E-state index contributed by atoms with van der Waals surface area (Å²) in [5.74, 6) is 0.766. The largest absolute Gasteiger partial charge is 0.379 e. The molecule has 1 amide bonds. The first-order chi connectivity index (χ1) is 15.1. The number of hydrogen-bond acceptors (Lipinski definition) is 4. The van der Waals surface area contributed by atoms with Crippen LogP contribution in [0.3, 0.4) is 0 Å². The lowest BCUT2D eigenvalue weighted by atomic mass is 10.1. The van der Waals surface area contributed by atoms with Crippen molar-refractivity contribution >= 4 is 17.6 Å². The topological polar surface area (TPSA) is 78.0 Å². The maximum absolute atomic E-state index is 12.3. The van der Waals surface area contributed by atoms with E-state index in [9.17, 15) is 4.79 Å². The van der Waals surface area contributed by atoms with Crippen LogP contribution in [0.25, 0.3) is 0 Å². The summed E-state index contributed by atoms with van der Waals surface area (Å²) in [6, 6.07) is 18.3. The van der Waals surface area contributed by atoms with Crippen molar-refractivity contribution in [1.29, 1.82) is 0 Å². The highest BCUT2D eigenvalue weighted by Crippen LogP contribution is 2.13. The minimum absolute atomic E-state index is 0.0331. The van der Waals surface area contributed by atoms with Gasteiger partial charge in [-0.15, -0.1) is 0 Å². The number of morpholine rings is 1. The van der Waals surface area contributed by atoms with Gasteiger partial charge in [-0.1, -0.05) is 42.5 Å². The molecule has 1 atom stereocenters. The second-order valence-corrected chi connectivity index (χ2v) is 7.66. The lowest BCUT2D eigenvalue weighted by Crippen LogP contribution is -2.38. The fraction of sp³-hybridized carbons (Fsp3) is 0.417. The highest BCUT2D eigenvalue weighted by molar-refractivity contribution is 5.90. The van der Waals surface area contributed by atoms with Crippen molar-refractivity contribution in [3.8, 4) is 0 Å². The normalized spacial score (nSPS) is 15.9. The lowest BCUT2D eigenvalue weighted by molar-refractivity contribution is -0.116. The molecule has 7 heteroatoms. The molecule has 1 aliphatic heterocycles. The van der Waals surface area contributed by atoms with Crippen LogP contribution in [0.2, 0.25) is 0 Å². The number of amides is 1. The van der Waals surface area contributed by atoms with E-state index in [-0.39, 0.29) is 11.9 Å². The van der Waals surface area contributed by atoms with Crippen molar-refractivity contribution in [1.82, 2.24) is 15.5 Å². The van der Waals surface area contributed by atoms with Crippen LogP contribution in [-0.2, 0) is 16.1 Å². The molecule has 1 unspecified atom stereocenters. The van der Waals surface area contributed by atoms with E-state index < -0.39 is 0 Å². The number of hydrogen-bond donors (Lipinski definition) is 3. The van der Waals surface area contributed by atoms with Gasteiger partial charge in [-0.2, -0.15) is 0 Å². The summed E-state index contributed by atoms with van der Waals surface area (Å²) >= 11 is 0. The Kier molecular flexibility index (Phi) is 8.87. The van der Waals surface area contributed by atoms with Crippen molar-refractivity contribution in [3.05, 3.63) is 65.7 Å². The number of carbonyl (C=O) groups excluding carboxylic acids is 1. The first-order valence-electron chi connectivity index (χ1n) is 10.8. The molecule has 2 aromatic rings. The first kappa shape index (κ1) is 22.8. The summed E-state index contributed by atoms with van der Waals surface area (Å²) in [6.07, 6.45) is 0.483. The summed E-state index contributed by atoms with van der Waals surface area (Å²) < 4.78 is 5.35. The molecule has 0 aromatic heterocycles. The molecule has 0 bridgehead atoms. The van der Waals surface area contributed by atoms with Gasteiger partial charge >= 0.3 is 0 Å². The van der Waals surface area contributed by atoms with Crippen LogP contribution in [0.1, 0.15) is 30.5 Å².